The molecule has 0 bridgehead atoms. The zero-order chi connectivity index (χ0) is 19.3. The molecule has 2 heterocycles. The first-order valence-electron chi connectivity index (χ1n) is 9.06. The molecule has 0 saturated carbocycles. The summed E-state index contributed by atoms with van der Waals surface area (Å²) in [6.07, 6.45) is 3.61. The average Bonchev–Trinajstić information content (AvgIpc) is 3.36. The van der Waals surface area contributed by atoms with E-state index in [0.717, 1.165) is 22.3 Å². The van der Waals surface area contributed by atoms with Crippen LogP contribution in [0.25, 0.3) is 16.7 Å². The van der Waals surface area contributed by atoms with Crippen LogP contribution in [0.15, 0.2) is 60.9 Å². The number of imidazole rings is 1. The minimum Gasteiger partial charge on any atom is -0.364 e. The Labute approximate surface area is 162 Å². The second-order valence-electron chi connectivity index (χ2n) is 6.59. The molecule has 0 fully saturated rings. The van der Waals surface area contributed by atoms with Gasteiger partial charge in [0.2, 0.25) is 5.91 Å². The third-order valence-corrected chi connectivity index (χ3v) is 4.33. The molecule has 0 unspecified atom stereocenters. The summed E-state index contributed by atoms with van der Waals surface area (Å²) in [5.41, 5.74) is 4.98. The van der Waals surface area contributed by atoms with Gasteiger partial charge in [-0.05, 0) is 48.4 Å². The molecule has 0 saturated heterocycles. The van der Waals surface area contributed by atoms with Crippen molar-refractivity contribution in [1.82, 2.24) is 25.1 Å². The highest BCUT2D eigenvalue weighted by molar-refractivity contribution is 5.77. The number of benzene rings is 2. The Morgan fingerprint density at radius 3 is 3.00 bits per heavy atom. The fraction of sp³-hybridized carbons (Fsp3) is 0.190. The van der Waals surface area contributed by atoms with Gasteiger partial charge in [0.05, 0.1) is 16.7 Å². The smallest absolute Gasteiger partial charge is 0.246 e. The first-order valence-corrected chi connectivity index (χ1v) is 9.06. The van der Waals surface area contributed by atoms with Crippen molar-refractivity contribution in [2.45, 2.75) is 20.1 Å². The minimum absolute atomic E-state index is 0.0189. The van der Waals surface area contributed by atoms with Crippen molar-refractivity contribution in [2.75, 3.05) is 6.61 Å². The summed E-state index contributed by atoms with van der Waals surface area (Å²) in [4.78, 5) is 19.7. The molecule has 4 aromatic rings. The van der Waals surface area contributed by atoms with Gasteiger partial charge in [0.15, 0.2) is 0 Å². The normalized spacial score (nSPS) is 11.0. The number of amides is 1. The van der Waals surface area contributed by atoms with E-state index in [1.807, 2.05) is 61.7 Å². The molecule has 0 spiro atoms. The van der Waals surface area contributed by atoms with Crippen LogP contribution in [-0.4, -0.2) is 32.3 Å². The summed E-state index contributed by atoms with van der Waals surface area (Å²) in [5.74, 6) is 0.539. The highest BCUT2D eigenvalue weighted by Crippen LogP contribution is 2.13. The van der Waals surface area contributed by atoms with Crippen LogP contribution in [0, 0.1) is 6.92 Å². The highest BCUT2D eigenvalue weighted by atomic mass is 16.5. The topological polar surface area (TPSA) is 84.8 Å². The van der Waals surface area contributed by atoms with Crippen molar-refractivity contribution in [3.63, 3.8) is 0 Å². The Hall–Kier alpha value is -3.45. The van der Waals surface area contributed by atoms with E-state index < -0.39 is 0 Å². The molecular weight excluding hydrogens is 354 g/mol. The van der Waals surface area contributed by atoms with Gasteiger partial charge in [-0.2, -0.15) is 5.10 Å². The lowest BCUT2D eigenvalue weighted by atomic mass is 10.2. The molecular formula is C21H21N5O2. The number of rotatable bonds is 7. The molecule has 0 atom stereocenters. The highest BCUT2D eigenvalue weighted by Gasteiger charge is 2.06. The molecule has 2 N–H and O–H groups in total. The van der Waals surface area contributed by atoms with Crippen LogP contribution in [0.4, 0.5) is 0 Å². The van der Waals surface area contributed by atoms with Crippen LogP contribution < -0.4 is 5.32 Å². The number of hydrogen-bond acceptors (Lipinski definition) is 4. The third-order valence-electron chi connectivity index (χ3n) is 4.33. The van der Waals surface area contributed by atoms with Crippen LogP contribution in [0.3, 0.4) is 0 Å². The number of fused-ring (bicyclic) bond motifs is 1. The van der Waals surface area contributed by atoms with E-state index in [-0.39, 0.29) is 19.1 Å². The predicted octanol–water partition coefficient (Wildman–Crippen LogP) is 2.89. The Kier molecular flexibility index (Phi) is 5.16. The van der Waals surface area contributed by atoms with Crippen molar-refractivity contribution < 1.29 is 9.53 Å². The third kappa shape index (κ3) is 4.27. The maximum absolute atomic E-state index is 12.1. The summed E-state index contributed by atoms with van der Waals surface area (Å²) < 4.78 is 7.27. The number of hydrogen-bond donors (Lipinski definition) is 2. The quantitative estimate of drug-likeness (QED) is 0.520. The van der Waals surface area contributed by atoms with E-state index in [1.54, 1.807) is 10.9 Å². The number of aromatic amines is 1. The van der Waals surface area contributed by atoms with Crippen LogP contribution in [0.2, 0.25) is 0 Å². The molecule has 2 aromatic heterocycles. The fourth-order valence-corrected chi connectivity index (χ4v) is 2.97. The zero-order valence-corrected chi connectivity index (χ0v) is 15.6. The predicted molar refractivity (Wildman–Crippen MR) is 106 cm³/mol. The largest absolute Gasteiger partial charge is 0.364 e. The van der Waals surface area contributed by atoms with E-state index >= 15 is 0 Å². The van der Waals surface area contributed by atoms with E-state index in [9.17, 15) is 4.79 Å². The van der Waals surface area contributed by atoms with Crippen molar-refractivity contribution in [3.8, 4) is 5.69 Å². The van der Waals surface area contributed by atoms with E-state index in [4.69, 9.17) is 4.74 Å². The van der Waals surface area contributed by atoms with Gasteiger partial charge in [0, 0.05) is 18.9 Å². The number of carbonyl (C=O) groups excluding carboxylic acids is 1. The van der Waals surface area contributed by atoms with Gasteiger partial charge in [-0.3, -0.25) is 4.79 Å². The van der Waals surface area contributed by atoms with E-state index in [2.05, 4.69) is 20.4 Å². The van der Waals surface area contributed by atoms with Crippen LogP contribution in [-0.2, 0) is 22.7 Å². The Bertz CT molecular complexity index is 1090. The number of aryl methyl sites for hydroxylation is 1. The van der Waals surface area contributed by atoms with Crippen molar-refractivity contribution in [3.05, 3.63) is 77.9 Å². The number of ether oxygens (including phenoxy) is 1. The van der Waals surface area contributed by atoms with Crippen molar-refractivity contribution in [1.29, 1.82) is 0 Å². The van der Waals surface area contributed by atoms with Gasteiger partial charge in [-0.15, -0.1) is 0 Å². The minimum atomic E-state index is -0.170. The van der Waals surface area contributed by atoms with Crippen LogP contribution in [0.1, 0.15) is 17.0 Å². The van der Waals surface area contributed by atoms with Crippen molar-refractivity contribution in [2.24, 2.45) is 0 Å². The maximum Gasteiger partial charge on any atom is 0.246 e. The summed E-state index contributed by atoms with van der Waals surface area (Å²) in [5, 5.41) is 7.08. The molecule has 4 rings (SSSR count). The SMILES string of the molecule is Cc1ccc2nc(COCC(=O)NCc3cccc(-n4cccn4)c3)[nH]c2c1. The standard InChI is InChI=1S/C21H21N5O2/c1-15-6-7-18-19(10-15)25-20(24-18)13-28-14-21(27)22-12-16-4-2-5-17(11-16)26-9-3-8-23-26/h2-11H,12-14H2,1H3,(H,22,27)(H,24,25). The van der Waals surface area contributed by atoms with Gasteiger partial charge in [0.1, 0.15) is 19.0 Å². The zero-order valence-electron chi connectivity index (χ0n) is 15.6. The van der Waals surface area contributed by atoms with Gasteiger partial charge < -0.3 is 15.0 Å². The van der Waals surface area contributed by atoms with Gasteiger partial charge in [-0.25, -0.2) is 9.67 Å². The second-order valence-corrected chi connectivity index (χ2v) is 6.59. The van der Waals surface area contributed by atoms with Gasteiger partial charge in [0.25, 0.3) is 0 Å². The Balaban J connectivity index is 1.26. The lowest BCUT2D eigenvalue weighted by Crippen LogP contribution is -2.27. The molecule has 142 valence electrons. The molecule has 0 aliphatic carbocycles. The number of nitrogens with one attached hydrogen (secondary N) is 2. The maximum atomic E-state index is 12.1. The Morgan fingerprint density at radius 2 is 2.14 bits per heavy atom. The summed E-state index contributed by atoms with van der Waals surface area (Å²) in [7, 11) is 0. The van der Waals surface area contributed by atoms with Gasteiger partial charge >= 0.3 is 0 Å². The first-order chi connectivity index (χ1) is 13.7. The van der Waals surface area contributed by atoms with Gasteiger partial charge in [-0.1, -0.05) is 18.2 Å². The molecule has 2 aromatic carbocycles. The van der Waals surface area contributed by atoms with E-state index in [0.29, 0.717) is 12.4 Å². The van der Waals surface area contributed by atoms with Crippen LogP contribution in [0.5, 0.6) is 0 Å². The lowest BCUT2D eigenvalue weighted by Gasteiger charge is -2.08. The van der Waals surface area contributed by atoms with Crippen molar-refractivity contribution >= 4 is 16.9 Å². The monoisotopic (exact) mass is 375 g/mol. The lowest BCUT2D eigenvalue weighted by molar-refractivity contribution is -0.126. The average molecular weight is 375 g/mol. The summed E-state index contributed by atoms with van der Waals surface area (Å²) >= 11 is 0. The fourth-order valence-electron chi connectivity index (χ4n) is 2.97. The molecule has 0 aliphatic rings. The first kappa shape index (κ1) is 17.9. The van der Waals surface area contributed by atoms with E-state index in [1.165, 1.54) is 5.56 Å². The second kappa shape index (κ2) is 8.06. The molecule has 28 heavy (non-hydrogen) atoms. The number of nitrogens with zero attached hydrogens (tertiary/aromatic N) is 3. The number of carbonyl (C=O) groups is 1. The molecule has 7 heteroatoms. The molecule has 0 aliphatic heterocycles. The Morgan fingerprint density at radius 1 is 1.21 bits per heavy atom. The number of aromatic nitrogens is 4. The summed E-state index contributed by atoms with van der Waals surface area (Å²) in [6.45, 7) is 2.71. The van der Waals surface area contributed by atoms with Crippen LogP contribution >= 0.6 is 0 Å². The number of H-pyrrole nitrogens is 1. The summed E-state index contributed by atoms with van der Waals surface area (Å²) in [6, 6.07) is 15.8. The molecule has 0 radical (unpaired) electrons. The molecule has 1 amide bonds. The molecule has 7 nitrogen and oxygen atoms in total.